The van der Waals surface area contributed by atoms with Crippen molar-refractivity contribution in [3.63, 3.8) is 0 Å². The molecule has 0 aliphatic heterocycles. The highest BCUT2D eigenvalue weighted by molar-refractivity contribution is 7.18. The summed E-state index contributed by atoms with van der Waals surface area (Å²) < 4.78 is 5.04. The minimum Gasteiger partial charge on any atom is -0.462 e. The number of ketones is 1. The van der Waals surface area contributed by atoms with Crippen molar-refractivity contribution in [2.45, 2.75) is 13.8 Å². The van der Waals surface area contributed by atoms with Gasteiger partial charge in [0.15, 0.2) is 5.78 Å². The number of anilines is 1. The van der Waals surface area contributed by atoms with E-state index in [2.05, 4.69) is 0 Å². The lowest BCUT2D eigenvalue weighted by Gasteiger charge is -2.06. The Labute approximate surface area is 121 Å². The third-order valence-corrected chi connectivity index (χ3v) is 3.81. The highest BCUT2D eigenvalue weighted by Crippen LogP contribution is 2.39. The van der Waals surface area contributed by atoms with Gasteiger partial charge in [0.2, 0.25) is 0 Å². The zero-order valence-corrected chi connectivity index (χ0v) is 12.1. The Morgan fingerprint density at radius 3 is 2.45 bits per heavy atom. The molecule has 0 bridgehead atoms. The van der Waals surface area contributed by atoms with Gasteiger partial charge in [0, 0.05) is 5.56 Å². The van der Waals surface area contributed by atoms with E-state index in [-0.39, 0.29) is 12.4 Å². The quantitative estimate of drug-likeness (QED) is 0.692. The Morgan fingerprint density at radius 1 is 1.25 bits per heavy atom. The number of hydrogen-bond donors (Lipinski definition) is 1. The van der Waals surface area contributed by atoms with Gasteiger partial charge in [-0.15, -0.1) is 11.3 Å². The highest BCUT2D eigenvalue weighted by Gasteiger charge is 2.25. The molecule has 0 aliphatic rings. The molecule has 0 unspecified atom stereocenters. The van der Waals surface area contributed by atoms with E-state index in [1.54, 1.807) is 6.92 Å². The van der Waals surface area contributed by atoms with Crippen molar-refractivity contribution in [2.75, 3.05) is 12.3 Å². The van der Waals surface area contributed by atoms with Crippen LogP contribution in [0.1, 0.15) is 33.9 Å². The van der Waals surface area contributed by atoms with Crippen LogP contribution in [0.25, 0.3) is 11.1 Å². The van der Waals surface area contributed by atoms with Crippen LogP contribution >= 0.6 is 11.3 Å². The standard InChI is InChI=1S/C15H15NO3S/c1-3-19-15(18)13-12(10-7-5-4-6-8-10)11(9(2)17)14(16)20-13/h4-8H,3,16H2,1-2H3. The molecule has 5 heteroatoms. The Morgan fingerprint density at radius 2 is 1.90 bits per heavy atom. The van der Waals surface area contributed by atoms with E-state index in [4.69, 9.17) is 10.5 Å². The zero-order valence-electron chi connectivity index (χ0n) is 11.3. The van der Waals surface area contributed by atoms with Crippen LogP contribution in [0.4, 0.5) is 5.00 Å². The number of Topliss-reactive ketones (excluding diaryl/α,β-unsaturated/α-hetero) is 1. The van der Waals surface area contributed by atoms with Gasteiger partial charge in [-0.05, 0) is 19.4 Å². The molecule has 0 saturated carbocycles. The zero-order chi connectivity index (χ0) is 14.7. The van der Waals surface area contributed by atoms with Crippen molar-refractivity contribution in [2.24, 2.45) is 0 Å². The van der Waals surface area contributed by atoms with Crippen molar-refractivity contribution in [3.05, 3.63) is 40.8 Å². The van der Waals surface area contributed by atoms with E-state index in [1.807, 2.05) is 30.3 Å². The van der Waals surface area contributed by atoms with Crippen molar-refractivity contribution < 1.29 is 14.3 Å². The largest absolute Gasteiger partial charge is 0.462 e. The van der Waals surface area contributed by atoms with Crippen molar-refractivity contribution in [3.8, 4) is 11.1 Å². The second-order valence-corrected chi connectivity index (χ2v) is 5.24. The fourth-order valence-electron chi connectivity index (χ4n) is 2.02. The number of hydrogen-bond acceptors (Lipinski definition) is 5. The molecule has 1 aromatic carbocycles. The Kier molecular flexibility index (Phi) is 4.20. The van der Waals surface area contributed by atoms with E-state index in [0.717, 1.165) is 16.9 Å². The first-order valence-corrected chi connectivity index (χ1v) is 7.03. The summed E-state index contributed by atoms with van der Waals surface area (Å²) >= 11 is 1.09. The molecular formula is C15H15NO3S. The third-order valence-electron chi connectivity index (χ3n) is 2.81. The second-order valence-electron chi connectivity index (χ2n) is 4.19. The molecule has 104 valence electrons. The molecule has 1 heterocycles. The molecule has 0 aliphatic carbocycles. The second kappa shape index (κ2) is 5.88. The van der Waals surface area contributed by atoms with Gasteiger partial charge in [0.05, 0.1) is 17.2 Å². The lowest BCUT2D eigenvalue weighted by Crippen LogP contribution is -2.05. The summed E-state index contributed by atoms with van der Waals surface area (Å²) in [7, 11) is 0. The van der Waals surface area contributed by atoms with Crippen molar-refractivity contribution >= 4 is 28.1 Å². The fourth-order valence-corrected chi connectivity index (χ4v) is 3.05. The number of ether oxygens (including phenoxy) is 1. The Hall–Kier alpha value is -2.14. The average molecular weight is 289 g/mol. The monoisotopic (exact) mass is 289 g/mol. The molecule has 0 radical (unpaired) electrons. The third kappa shape index (κ3) is 2.58. The van der Waals surface area contributed by atoms with Gasteiger partial charge in [0.1, 0.15) is 4.88 Å². The van der Waals surface area contributed by atoms with Crippen LogP contribution in [-0.2, 0) is 4.74 Å². The molecule has 2 aromatic rings. The number of carbonyl (C=O) groups is 2. The molecule has 0 amide bonds. The van der Waals surface area contributed by atoms with Crippen LogP contribution in [-0.4, -0.2) is 18.4 Å². The predicted octanol–water partition coefficient (Wildman–Crippen LogP) is 3.38. The van der Waals surface area contributed by atoms with Crippen LogP contribution in [0, 0.1) is 0 Å². The van der Waals surface area contributed by atoms with Gasteiger partial charge in [-0.2, -0.15) is 0 Å². The van der Waals surface area contributed by atoms with E-state index in [1.165, 1.54) is 6.92 Å². The summed E-state index contributed by atoms with van der Waals surface area (Å²) in [4.78, 5) is 24.3. The molecule has 2 rings (SSSR count). The average Bonchev–Trinajstić information content (AvgIpc) is 2.78. The fraction of sp³-hybridized carbons (Fsp3) is 0.200. The molecule has 20 heavy (non-hydrogen) atoms. The number of rotatable bonds is 4. The first-order chi connectivity index (χ1) is 9.56. The van der Waals surface area contributed by atoms with Crippen LogP contribution in [0.5, 0.6) is 0 Å². The number of nitrogen functional groups attached to an aromatic ring is 1. The molecule has 2 N–H and O–H groups in total. The molecule has 1 aromatic heterocycles. The smallest absolute Gasteiger partial charge is 0.349 e. The first kappa shape index (κ1) is 14.3. The number of thiophene rings is 1. The Balaban J connectivity index is 2.68. The van der Waals surface area contributed by atoms with E-state index >= 15 is 0 Å². The minimum absolute atomic E-state index is 0.159. The van der Waals surface area contributed by atoms with Gasteiger partial charge in [-0.1, -0.05) is 30.3 Å². The maximum atomic E-state index is 12.0. The summed E-state index contributed by atoms with van der Waals surface area (Å²) in [5.41, 5.74) is 7.65. The van der Waals surface area contributed by atoms with E-state index in [9.17, 15) is 9.59 Å². The van der Waals surface area contributed by atoms with E-state index < -0.39 is 5.97 Å². The van der Waals surface area contributed by atoms with Crippen LogP contribution in [0.15, 0.2) is 30.3 Å². The summed E-state index contributed by atoms with van der Waals surface area (Å²) in [5.74, 6) is -0.608. The SMILES string of the molecule is CCOC(=O)c1sc(N)c(C(C)=O)c1-c1ccccc1. The summed E-state index contributed by atoms with van der Waals surface area (Å²) in [5, 5.41) is 0.347. The summed E-state index contributed by atoms with van der Waals surface area (Å²) in [6.07, 6.45) is 0. The van der Waals surface area contributed by atoms with Crippen molar-refractivity contribution in [1.29, 1.82) is 0 Å². The molecule has 0 atom stereocenters. The van der Waals surface area contributed by atoms with Gasteiger partial charge < -0.3 is 10.5 Å². The molecular weight excluding hydrogens is 274 g/mol. The van der Waals surface area contributed by atoms with Gasteiger partial charge >= 0.3 is 5.97 Å². The van der Waals surface area contributed by atoms with Gasteiger partial charge in [0.25, 0.3) is 0 Å². The summed E-state index contributed by atoms with van der Waals surface area (Å²) in [6, 6.07) is 9.26. The number of benzene rings is 1. The molecule has 0 spiro atoms. The molecule has 0 saturated heterocycles. The number of carbonyl (C=O) groups excluding carboxylic acids is 2. The van der Waals surface area contributed by atoms with Gasteiger partial charge in [-0.25, -0.2) is 4.79 Å². The van der Waals surface area contributed by atoms with Crippen LogP contribution in [0.3, 0.4) is 0 Å². The number of esters is 1. The Bertz CT molecular complexity index is 647. The van der Waals surface area contributed by atoms with Crippen LogP contribution in [0.2, 0.25) is 0 Å². The lowest BCUT2D eigenvalue weighted by molar-refractivity contribution is 0.0533. The van der Waals surface area contributed by atoms with Gasteiger partial charge in [-0.3, -0.25) is 4.79 Å². The highest BCUT2D eigenvalue weighted by atomic mass is 32.1. The lowest BCUT2D eigenvalue weighted by atomic mass is 9.99. The number of nitrogens with two attached hydrogens (primary N) is 1. The first-order valence-electron chi connectivity index (χ1n) is 6.22. The van der Waals surface area contributed by atoms with Crippen molar-refractivity contribution in [1.82, 2.24) is 0 Å². The topological polar surface area (TPSA) is 69.4 Å². The van der Waals surface area contributed by atoms with E-state index in [0.29, 0.717) is 21.0 Å². The molecule has 4 nitrogen and oxygen atoms in total. The normalized spacial score (nSPS) is 10.3. The maximum absolute atomic E-state index is 12.0. The van der Waals surface area contributed by atoms with Crippen LogP contribution < -0.4 is 5.73 Å². The molecule has 0 fully saturated rings. The predicted molar refractivity (Wildman–Crippen MR) is 80.1 cm³/mol. The maximum Gasteiger partial charge on any atom is 0.349 e. The summed E-state index contributed by atoms with van der Waals surface area (Å²) in [6.45, 7) is 3.46. The minimum atomic E-state index is -0.449.